The number of carboxylic acids is 1. The normalized spacial score (nSPS) is 9.90. The predicted molar refractivity (Wildman–Crippen MR) is 75.1 cm³/mol. The Hall–Kier alpha value is -2.82. The van der Waals surface area contributed by atoms with Gasteiger partial charge >= 0.3 is 11.9 Å². The number of rotatable bonds is 6. The Morgan fingerprint density at radius 1 is 1.00 bits per heavy atom. The Balaban J connectivity index is 1.95. The van der Waals surface area contributed by atoms with Crippen LogP contribution in [-0.2, 0) is 16.1 Å². The van der Waals surface area contributed by atoms with Gasteiger partial charge in [-0.2, -0.15) is 0 Å². The van der Waals surface area contributed by atoms with Gasteiger partial charge < -0.3 is 14.6 Å². The maximum Gasteiger partial charge on any atom is 0.341 e. The van der Waals surface area contributed by atoms with Gasteiger partial charge in [-0.3, -0.25) is 0 Å². The van der Waals surface area contributed by atoms with Gasteiger partial charge in [-0.25, -0.2) is 9.59 Å². The molecule has 0 aliphatic carbocycles. The smallest absolute Gasteiger partial charge is 0.341 e. The van der Waals surface area contributed by atoms with E-state index < -0.39 is 18.5 Å². The number of ether oxygens (including phenoxy) is 2. The van der Waals surface area contributed by atoms with E-state index in [1.807, 2.05) is 30.3 Å². The second kappa shape index (κ2) is 7.09. The summed E-state index contributed by atoms with van der Waals surface area (Å²) in [6.07, 6.45) is 0. The molecule has 0 aliphatic heterocycles. The molecule has 1 N–H and O–H groups in total. The fourth-order valence-corrected chi connectivity index (χ4v) is 1.66. The molecule has 2 rings (SSSR count). The summed E-state index contributed by atoms with van der Waals surface area (Å²) in [6, 6.07) is 15.6. The largest absolute Gasteiger partial charge is 0.482 e. The molecule has 0 bridgehead atoms. The summed E-state index contributed by atoms with van der Waals surface area (Å²) in [7, 11) is 0. The number of hydrogen-bond acceptors (Lipinski definition) is 4. The van der Waals surface area contributed by atoms with Gasteiger partial charge in [-0.05, 0) is 23.8 Å². The second-order valence-corrected chi connectivity index (χ2v) is 4.27. The minimum absolute atomic E-state index is 0.180. The van der Waals surface area contributed by atoms with E-state index >= 15 is 0 Å². The van der Waals surface area contributed by atoms with Crippen molar-refractivity contribution in [3.05, 3.63) is 65.7 Å². The summed E-state index contributed by atoms with van der Waals surface area (Å²) in [5.74, 6) is -1.25. The van der Waals surface area contributed by atoms with E-state index in [0.29, 0.717) is 11.3 Å². The zero-order valence-corrected chi connectivity index (χ0v) is 11.2. The van der Waals surface area contributed by atoms with Crippen molar-refractivity contribution in [2.45, 2.75) is 6.61 Å². The number of esters is 1. The summed E-state index contributed by atoms with van der Waals surface area (Å²) in [6.45, 7) is -0.275. The molecule has 108 valence electrons. The maximum absolute atomic E-state index is 11.9. The quantitative estimate of drug-likeness (QED) is 0.826. The highest BCUT2D eigenvalue weighted by atomic mass is 16.5. The molecular weight excluding hydrogens is 272 g/mol. The first-order valence-electron chi connectivity index (χ1n) is 6.31. The van der Waals surface area contributed by atoms with Crippen LogP contribution < -0.4 is 4.74 Å². The maximum atomic E-state index is 11.9. The highest BCUT2D eigenvalue weighted by Crippen LogP contribution is 2.15. The lowest BCUT2D eigenvalue weighted by Gasteiger charge is -2.07. The first kappa shape index (κ1) is 14.6. The summed E-state index contributed by atoms with van der Waals surface area (Å²) in [5.41, 5.74) is 1.21. The summed E-state index contributed by atoms with van der Waals surface area (Å²) >= 11 is 0. The first-order chi connectivity index (χ1) is 10.1. The van der Waals surface area contributed by atoms with Crippen molar-refractivity contribution in [1.82, 2.24) is 0 Å². The van der Waals surface area contributed by atoms with E-state index in [9.17, 15) is 9.59 Å². The van der Waals surface area contributed by atoms with Crippen LogP contribution in [0.15, 0.2) is 54.6 Å². The van der Waals surface area contributed by atoms with Gasteiger partial charge in [-0.15, -0.1) is 0 Å². The van der Waals surface area contributed by atoms with Gasteiger partial charge in [0, 0.05) is 0 Å². The van der Waals surface area contributed by atoms with Gasteiger partial charge in [0.2, 0.25) is 0 Å². The number of hydrogen-bond donors (Lipinski definition) is 1. The van der Waals surface area contributed by atoms with Crippen LogP contribution in [0, 0.1) is 0 Å². The molecule has 5 nitrogen and oxygen atoms in total. The molecule has 0 heterocycles. The van der Waals surface area contributed by atoms with Crippen LogP contribution >= 0.6 is 0 Å². The minimum Gasteiger partial charge on any atom is -0.482 e. The molecule has 0 saturated carbocycles. The Bertz CT molecular complexity index is 622. The zero-order valence-electron chi connectivity index (χ0n) is 11.2. The Kier molecular flexibility index (Phi) is 4.93. The molecule has 0 aliphatic rings. The van der Waals surface area contributed by atoms with E-state index in [1.54, 1.807) is 18.2 Å². The van der Waals surface area contributed by atoms with E-state index in [0.717, 1.165) is 5.56 Å². The molecule has 0 spiro atoms. The Morgan fingerprint density at radius 3 is 2.48 bits per heavy atom. The Labute approximate surface area is 121 Å². The third kappa shape index (κ3) is 4.65. The second-order valence-electron chi connectivity index (χ2n) is 4.27. The lowest BCUT2D eigenvalue weighted by atomic mass is 10.2. The van der Waals surface area contributed by atoms with Crippen LogP contribution in [0.2, 0.25) is 0 Å². The van der Waals surface area contributed by atoms with Crippen LogP contribution in [0.5, 0.6) is 5.75 Å². The van der Waals surface area contributed by atoms with Gasteiger partial charge in [0.15, 0.2) is 6.61 Å². The van der Waals surface area contributed by atoms with Gasteiger partial charge in [0.05, 0.1) is 5.56 Å². The molecule has 0 aromatic heterocycles. The van der Waals surface area contributed by atoms with Crippen molar-refractivity contribution in [3.8, 4) is 5.75 Å². The molecule has 5 heteroatoms. The average Bonchev–Trinajstić information content (AvgIpc) is 2.52. The van der Waals surface area contributed by atoms with Crippen molar-refractivity contribution < 1.29 is 24.2 Å². The zero-order chi connectivity index (χ0) is 15.1. The number of carboxylic acid groups (broad SMARTS) is 1. The van der Waals surface area contributed by atoms with Gasteiger partial charge in [0.1, 0.15) is 12.4 Å². The van der Waals surface area contributed by atoms with E-state index in [-0.39, 0.29) is 6.61 Å². The van der Waals surface area contributed by atoms with Crippen LogP contribution in [0.3, 0.4) is 0 Å². The third-order valence-corrected chi connectivity index (χ3v) is 2.64. The van der Waals surface area contributed by atoms with Gasteiger partial charge in [-0.1, -0.05) is 36.4 Å². The minimum atomic E-state index is -1.08. The average molecular weight is 286 g/mol. The SMILES string of the molecule is O=C(O)COc1cccc(C(=O)OCc2ccccc2)c1. The number of carbonyl (C=O) groups is 2. The fourth-order valence-electron chi connectivity index (χ4n) is 1.66. The molecule has 0 saturated heterocycles. The van der Waals surface area contributed by atoms with Crippen molar-refractivity contribution in [2.24, 2.45) is 0 Å². The monoisotopic (exact) mass is 286 g/mol. The molecular formula is C16H14O5. The Morgan fingerprint density at radius 2 is 1.76 bits per heavy atom. The molecule has 2 aromatic rings. The topological polar surface area (TPSA) is 72.8 Å². The summed E-state index contributed by atoms with van der Waals surface area (Å²) in [4.78, 5) is 22.3. The highest BCUT2D eigenvalue weighted by molar-refractivity contribution is 5.89. The standard InChI is InChI=1S/C16H14O5/c17-15(18)11-20-14-8-4-7-13(9-14)16(19)21-10-12-5-2-1-3-6-12/h1-9H,10-11H2,(H,17,18). The summed E-state index contributed by atoms with van der Waals surface area (Å²) < 4.78 is 10.2. The van der Waals surface area contributed by atoms with Crippen LogP contribution in [0.1, 0.15) is 15.9 Å². The van der Waals surface area contributed by atoms with E-state index in [2.05, 4.69) is 0 Å². The molecule has 2 aromatic carbocycles. The molecule has 0 atom stereocenters. The molecule has 0 fully saturated rings. The molecule has 0 unspecified atom stereocenters. The van der Waals surface area contributed by atoms with Crippen LogP contribution in [0.25, 0.3) is 0 Å². The lowest BCUT2D eigenvalue weighted by molar-refractivity contribution is -0.139. The van der Waals surface area contributed by atoms with Crippen molar-refractivity contribution in [1.29, 1.82) is 0 Å². The van der Waals surface area contributed by atoms with Gasteiger partial charge in [0.25, 0.3) is 0 Å². The fraction of sp³-hybridized carbons (Fsp3) is 0.125. The third-order valence-electron chi connectivity index (χ3n) is 2.64. The van der Waals surface area contributed by atoms with Crippen LogP contribution in [-0.4, -0.2) is 23.7 Å². The lowest BCUT2D eigenvalue weighted by Crippen LogP contribution is -2.10. The summed E-state index contributed by atoms with van der Waals surface area (Å²) in [5, 5.41) is 8.55. The van der Waals surface area contributed by atoms with Crippen molar-refractivity contribution >= 4 is 11.9 Å². The van der Waals surface area contributed by atoms with E-state index in [1.165, 1.54) is 6.07 Å². The number of benzene rings is 2. The van der Waals surface area contributed by atoms with Crippen molar-refractivity contribution in [2.75, 3.05) is 6.61 Å². The molecule has 21 heavy (non-hydrogen) atoms. The highest BCUT2D eigenvalue weighted by Gasteiger charge is 2.09. The predicted octanol–water partition coefficient (Wildman–Crippen LogP) is 2.51. The van der Waals surface area contributed by atoms with Crippen molar-refractivity contribution in [3.63, 3.8) is 0 Å². The van der Waals surface area contributed by atoms with E-state index in [4.69, 9.17) is 14.6 Å². The number of carbonyl (C=O) groups excluding carboxylic acids is 1. The van der Waals surface area contributed by atoms with Crippen LogP contribution in [0.4, 0.5) is 0 Å². The molecule has 0 radical (unpaired) electrons. The molecule has 0 amide bonds. The first-order valence-corrected chi connectivity index (χ1v) is 6.31. The number of aliphatic carboxylic acids is 1.